The van der Waals surface area contributed by atoms with Gasteiger partial charge in [-0.2, -0.15) is 0 Å². The highest BCUT2D eigenvalue weighted by atomic mass is 16.5. The van der Waals surface area contributed by atoms with E-state index in [1.807, 2.05) is 32.2 Å². The van der Waals surface area contributed by atoms with E-state index in [0.29, 0.717) is 0 Å². The molecule has 0 spiro atoms. The van der Waals surface area contributed by atoms with E-state index in [1.165, 1.54) is 6.21 Å². The molecule has 0 radical (unpaired) electrons. The number of rotatable bonds is 4. The normalized spacial score (nSPS) is 11.0. The van der Waals surface area contributed by atoms with Crippen molar-refractivity contribution in [3.63, 3.8) is 0 Å². The van der Waals surface area contributed by atoms with Crippen LogP contribution >= 0.6 is 0 Å². The SMILES string of the molecule is CN/C=C(\C=N)c1ccc(C)c(OC)c1. The van der Waals surface area contributed by atoms with E-state index in [1.54, 1.807) is 13.3 Å². The van der Waals surface area contributed by atoms with E-state index in [2.05, 4.69) is 5.32 Å². The average Bonchev–Trinajstić information content (AvgIpc) is 2.27. The maximum Gasteiger partial charge on any atom is 0.122 e. The summed E-state index contributed by atoms with van der Waals surface area (Å²) in [6.45, 7) is 1.99. The van der Waals surface area contributed by atoms with Gasteiger partial charge >= 0.3 is 0 Å². The van der Waals surface area contributed by atoms with Crippen LogP contribution in [0.15, 0.2) is 24.4 Å². The van der Waals surface area contributed by atoms with Gasteiger partial charge in [0.05, 0.1) is 7.11 Å². The highest BCUT2D eigenvalue weighted by Gasteiger charge is 2.02. The summed E-state index contributed by atoms with van der Waals surface area (Å²) in [7, 11) is 3.47. The van der Waals surface area contributed by atoms with E-state index in [-0.39, 0.29) is 0 Å². The van der Waals surface area contributed by atoms with Crippen molar-refractivity contribution in [2.75, 3.05) is 14.2 Å². The first kappa shape index (κ1) is 11.3. The maximum absolute atomic E-state index is 7.31. The number of ether oxygens (including phenoxy) is 1. The Hall–Kier alpha value is -1.77. The van der Waals surface area contributed by atoms with Crippen molar-refractivity contribution in [3.05, 3.63) is 35.5 Å². The maximum atomic E-state index is 7.31. The molecule has 0 fully saturated rings. The third kappa shape index (κ3) is 2.59. The molecule has 0 saturated carbocycles. The van der Waals surface area contributed by atoms with E-state index in [9.17, 15) is 0 Å². The Morgan fingerprint density at radius 3 is 2.73 bits per heavy atom. The van der Waals surface area contributed by atoms with Gasteiger partial charge in [-0.15, -0.1) is 0 Å². The van der Waals surface area contributed by atoms with Gasteiger partial charge in [-0.3, -0.25) is 0 Å². The number of hydrogen-bond acceptors (Lipinski definition) is 3. The summed E-state index contributed by atoms with van der Waals surface area (Å²) in [5, 5.41) is 10.2. The van der Waals surface area contributed by atoms with Crippen molar-refractivity contribution in [2.45, 2.75) is 6.92 Å². The Morgan fingerprint density at radius 2 is 2.20 bits per heavy atom. The topological polar surface area (TPSA) is 45.1 Å². The lowest BCUT2D eigenvalue weighted by Crippen LogP contribution is -1.98. The number of benzene rings is 1. The standard InChI is InChI=1S/C12H16N2O/c1-9-4-5-10(6-12(9)15-3)11(7-13)8-14-2/h4-8,13-14H,1-3H3/b11-8+,13-7?. The average molecular weight is 204 g/mol. The molecule has 0 atom stereocenters. The monoisotopic (exact) mass is 204 g/mol. The van der Waals surface area contributed by atoms with Crippen LogP contribution in [-0.4, -0.2) is 20.4 Å². The predicted octanol–water partition coefficient (Wildman–Crippen LogP) is 2.21. The second kappa shape index (κ2) is 5.20. The Bertz CT molecular complexity index is 383. The van der Waals surface area contributed by atoms with Gasteiger partial charge in [0.25, 0.3) is 0 Å². The first-order valence-corrected chi connectivity index (χ1v) is 4.76. The first-order valence-electron chi connectivity index (χ1n) is 4.76. The minimum Gasteiger partial charge on any atom is -0.496 e. The van der Waals surface area contributed by atoms with E-state index in [4.69, 9.17) is 10.1 Å². The molecule has 0 amide bonds. The van der Waals surface area contributed by atoms with Gasteiger partial charge in [-0.25, -0.2) is 0 Å². The molecule has 0 saturated heterocycles. The Morgan fingerprint density at radius 1 is 1.47 bits per heavy atom. The zero-order valence-corrected chi connectivity index (χ0v) is 9.29. The highest BCUT2D eigenvalue weighted by molar-refractivity contribution is 6.08. The van der Waals surface area contributed by atoms with E-state index in [0.717, 1.165) is 22.4 Å². The number of allylic oxidation sites excluding steroid dienone is 1. The third-order valence-corrected chi connectivity index (χ3v) is 2.20. The van der Waals surface area contributed by atoms with Crippen LogP contribution < -0.4 is 10.1 Å². The van der Waals surface area contributed by atoms with Gasteiger partial charge in [0.1, 0.15) is 5.75 Å². The summed E-state index contributed by atoms with van der Waals surface area (Å²) >= 11 is 0. The lowest BCUT2D eigenvalue weighted by Gasteiger charge is -2.08. The summed E-state index contributed by atoms with van der Waals surface area (Å²) in [6, 6.07) is 5.90. The number of methoxy groups -OCH3 is 1. The fourth-order valence-electron chi connectivity index (χ4n) is 1.36. The number of aryl methyl sites for hydroxylation is 1. The summed E-state index contributed by atoms with van der Waals surface area (Å²) < 4.78 is 5.24. The molecule has 1 aromatic carbocycles. The summed E-state index contributed by atoms with van der Waals surface area (Å²) in [5.41, 5.74) is 2.90. The summed E-state index contributed by atoms with van der Waals surface area (Å²) in [5.74, 6) is 0.844. The molecule has 1 rings (SSSR count). The zero-order chi connectivity index (χ0) is 11.3. The molecule has 3 heteroatoms. The minimum atomic E-state index is 0.829. The smallest absolute Gasteiger partial charge is 0.122 e. The van der Waals surface area contributed by atoms with Crippen LogP contribution in [-0.2, 0) is 0 Å². The third-order valence-electron chi connectivity index (χ3n) is 2.20. The van der Waals surface area contributed by atoms with Crippen molar-refractivity contribution < 1.29 is 4.74 Å². The second-order valence-electron chi connectivity index (χ2n) is 3.22. The van der Waals surface area contributed by atoms with E-state index < -0.39 is 0 Å². The molecule has 1 aromatic rings. The number of nitrogens with one attached hydrogen (secondary N) is 2. The largest absolute Gasteiger partial charge is 0.496 e. The second-order valence-corrected chi connectivity index (χ2v) is 3.22. The minimum absolute atomic E-state index is 0.829. The molecule has 3 nitrogen and oxygen atoms in total. The van der Waals surface area contributed by atoms with Crippen LogP contribution in [0.2, 0.25) is 0 Å². The molecule has 0 aliphatic heterocycles. The molecule has 0 aliphatic rings. The van der Waals surface area contributed by atoms with Gasteiger partial charge in [-0.05, 0) is 24.1 Å². The van der Waals surface area contributed by atoms with Crippen molar-refractivity contribution >= 4 is 11.8 Å². The quantitative estimate of drug-likeness (QED) is 0.738. The Balaban J connectivity index is 3.14. The predicted molar refractivity (Wildman–Crippen MR) is 63.6 cm³/mol. The molecule has 2 N–H and O–H groups in total. The van der Waals surface area contributed by atoms with Gasteiger partial charge in [0, 0.05) is 25.0 Å². The van der Waals surface area contributed by atoms with Crippen LogP contribution in [0.5, 0.6) is 5.75 Å². The number of hydrogen-bond donors (Lipinski definition) is 2. The Kier molecular flexibility index (Phi) is 3.92. The molecule has 0 aliphatic carbocycles. The molecule has 0 aromatic heterocycles. The fourth-order valence-corrected chi connectivity index (χ4v) is 1.36. The molecule has 80 valence electrons. The fraction of sp³-hybridized carbons (Fsp3) is 0.250. The van der Waals surface area contributed by atoms with Crippen molar-refractivity contribution in [2.24, 2.45) is 0 Å². The molecule has 0 heterocycles. The molecular formula is C12H16N2O. The van der Waals surface area contributed by atoms with Crippen LogP contribution in [0.25, 0.3) is 5.57 Å². The van der Waals surface area contributed by atoms with Crippen molar-refractivity contribution in [1.82, 2.24) is 5.32 Å². The highest BCUT2D eigenvalue weighted by Crippen LogP contribution is 2.22. The van der Waals surface area contributed by atoms with Crippen LogP contribution in [0.3, 0.4) is 0 Å². The first-order chi connectivity index (χ1) is 7.22. The lowest BCUT2D eigenvalue weighted by atomic mass is 10.1. The molecule has 0 unspecified atom stereocenters. The van der Waals surface area contributed by atoms with Gasteiger partial charge in [0.15, 0.2) is 0 Å². The molecular weight excluding hydrogens is 188 g/mol. The van der Waals surface area contributed by atoms with Crippen LogP contribution in [0, 0.1) is 12.3 Å². The zero-order valence-electron chi connectivity index (χ0n) is 9.29. The molecule has 15 heavy (non-hydrogen) atoms. The van der Waals surface area contributed by atoms with Crippen molar-refractivity contribution in [3.8, 4) is 5.75 Å². The van der Waals surface area contributed by atoms with Gasteiger partial charge in [0.2, 0.25) is 0 Å². The van der Waals surface area contributed by atoms with E-state index >= 15 is 0 Å². The Labute approximate surface area is 90.3 Å². The molecule has 0 bridgehead atoms. The van der Waals surface area contributed by atoms with Crippen molar-refractivity contribution in [1.29, 1.82) is 5.41 Å². The lowest BCUT2D eigenvalue weighted by molar-refractivity contribution is 0.411. The van der Waals surface area contributed by atoms with Gasteiger partial charge in [-0.1, -0.05) is 12.1 Å². The summed E-state index contributed by atoms with van der Waals surface area (Å²) in [6.07, 6.45) is 3.11. The van der Waals surface area contributed by atoms with Crippen LogP contribution in [0.1, 0.15) is 11.1 Å². The van der Waals surface area contributed by atoms with Gasteiger partial charge < -0.3 is 15.5 Å². The van der Waals surface area contributed by atoms with Crippen LogP contribution in [0.4, 0.5) is 0 Å². The summed E-state index contributed by atoms with van der Waals surface area (Å²) in [4.78, 5) is 0.